The van der Waals surface area contributed by atoms with Crippen molar-refractivity contribution in [3.05, 3.63) is 94.4 Å². The molecule has 9 rings (SSSR count). The molecule has 21 heteroatoms. The number of Topliss-reactive ketones (excluding diaryl/α,β-unsaturated/α-hetero) is 1. The predicted molar refractivity (Wildman–Crippen MR) is 300 cm³/mol. The van der Waals surface area contributed by atoms with E-state index in [-0.39, 0.29) is 72.7 Å². The second-order valence-corrected chi connectivity index (χ2v) is 22.7. The van der Waals surface area contributed by atoms with Crippen LogP contribution >= 0.6 is 11.8 Å². The number of piperidine rings is 1. The number of rotatable bonds is 20. The van der Waals surface area contributed by atoms with Gasteiger partial charge in [0, 0.05) is 67.3 Å². The molecule has 2 aromatic carbocycles. The Bertz CT molecular complexity index is 2960. The summed E-state index contributed by atoms with van der Waals surface area (Å²) >= 11 is 1.50. The number of unbranched alkanes of at least 4 members (excludes halogenated alkanes) is 5. The highest BCUT2D eigenvalue weighted by Gasteiger charge is 2.43. The SMILES string of the molecule is CN[C@H](C)C(=O)N[C@@H](C(=O)N1CCC[C@@H]1C1=NC(C(=O)c2ccc(F)cc2)CS1)C1CCN(CCCCCCCCC(=O)NCCn2nc(C#N)c3c2CN(C)C(=O)c2ccc(F)cc2[C@H]2CCCN2c2cc-3cnc2N)CC1. The van der Waals surface area contributed by atoms with Crippen molar-refractivity contribution in [3.63, 3.8) is 0 Å². The number of hydrogen-bond donors (Lipinski definition) is 4. The van der Waals surface area contributed by atoms with Crippen LogP contribution in [-0.4, -0.2) is 147 Å². The molecule has 7 heterocycles. The van der Waals surface area contributed by atoms with E-state index in [0.29, 0.717) is 76.7 Å². The molecule has 5 atom stereocenters. The summed E-state index contributed by atoms with van der Waals surface area (Å²) in [6.07, 6.45) is 12.5. The summed E-state index contributed by atoms with van der Waals surface area (Å²) in [6.45, 7) is 6.19. The smallest absolute Gasteiger partial charge is 0.254 e. The molecular weight excluding hydrogens is 1030 g/mol. The monoisotopic (exact) mass is 1100 g/mol. The van der Waals surface area contributed by atoms with Gasteiger partial charge in [-0.15, -0.1) is 11.8 Å². The van der Waals surface area contributed by atoms with Gasteiger partial charge in [-0.1, -0.05) is 25.7 Å². The first kappa shape index (κ1) is 56.9. The summed E-state index contributed by atoms with van der Waals surface area (Å²) in [4.78, 5) is 85.6. The molecule has 18 nitrogen and oxygen atoms in total. The van der Waals surface area contributed by atoms with E-state index in [0.717, 1.165) is 95.3 Å². The number of amides is 4. The van der Waals surface area contributed by atoms with Crippen molar-refractivity contribution in [1.29, 1.82) is 5.26 Å². The molecule has 1 unspecified atom stereocenters. The standard InChI is InChI=1S/C58H73F2N13O5S/c1-36(63-2)55(76)67-52(58(78)72-26-11-13-47(72)56-66-45(35-79-56)53(75)38-15-17-40(59)18-16-38)37-21-27-70(28-22-37)24-9-7-5-4-6-8-14-50(74)64-23-29-73-49-34-69(3)57(77)42-20-19-41(60)31-43(42)46-12-10-25-71(46)48-30-39(33-65-54(48)62)51(49)44(32-61)68-73/h15-20,30-31,33,36-37,45-47,52,63H,4-14,21-29,34-35H2,1-3H3,(H2,62,65)(H,64,74)(H,67,76)/t36-,45?,46-,47-,52-/m1/s1. The van der Waals surface area contributed by atoms with E-state index in [9.17, 15) is 38.0 Å². The van der Waals surface area contributed by atoms with Crippen molar-refractivity contribution in [3.8, 4) is 17.2 Å². The molecule has 0 spiro atoms. The van der Waals surface area contributed by atoms with E-state index < -0.39 is 29.8 Å². The van der Waals surface area contributed by atoms with Gasteiger partial charge >= 0.3 is 0 Å². The third-order valence-electron chi connectivity index (χ3n) is 16.4. The van der Waals surface area contributed by atoms with Crippen LogP contribution in [0.3, 0.4) is 0 Å². The van der Waals surface area contributed by atoms with Crippen molar-refractivity contribution in [1.82, 2.24) is 45.4 Å². The lowest BCUT2D eigenvalue weighted by Crippen LogP contribution is -2.58. The molecule has 79 heavy (non-hydrogen) atoms. The number of nitrogens with zero attached hydrogens (tertiary/aromatic N) is 9. The summed E-state index contributed by atoms with van der Waals surface area (Å²) < 4.78 is 30.0. The number of fused-ring (bicyclic) bond motifs is 8. The third kappa shape index (κ3) is 13.1. The van der Waals surface area contributed by atoms with Gasteiger partial charge in [-0.05, 0) is 145 Å². The van der Waals surface area contributed by atoms with Crippen molar-refractivity contribution in [2.45, 2.75) is 134 Å². The Labute approximate surface area is 465 Å². The summed E-state index contributed by atoms with van der Waals surface area (Å²) in [5.74, 6) is -0.947. The number of aliphatic imine (C=N–C) groups is 1. The van der Waals surface area contributed by atoms with E-state index in [1.165, 1.54) is 54.2 Å². The number of carbonyl (C=O) groups is 5. The fraction of sp³-hybridized carbons (Fsp3) is 0.534. The van der Waals surface area contributed by atoms with Crippen molar-refractivity contribution in [2.24, 2.45) is 10.9 Å². The van der Waals surface area contributed by atoms with Gasteiger partial charge < -0.3 is 41.3 Å². The number of benzene rings is 2. The number of aromatic nitrogens is 3. The molecule has 4 aromatic rings. The maximum Gasteiger partial charge on any atom is 0.254 e. The number of carbonyl (C=O) groups excluding carboxylic acids is 5. The number of nitriles is 1. The van der Waals surface area contributed by atoms with Gasteiger partial charge in [0.2, 0.25) is 17.7 Å². The molecule has 0 saturated carbocycles. The highest BCUT2D eigenvalue weighted by Crippen LogP contribution is 2.43. The zero-order valence-electron chi connectivity index (χ0n) is 45.5. The van der Waals surface area contributed by atoms with Crippen LogP contribution in [0.15, 0.2) is 59.7 Å². The minimum Gasteiger partial charge on any atom is -0.382 e. The number of ketones is 1. The Kier molecular flexibility index (Phi) is 18.7. The lowest BCUT2D eigenvalue weighted by molar-refractivity contribution is -0.138. The average Bonchev–Trinajstić information content (AvgIpc) is 4.50. The Morgan fingerprint density at radius 3 is 2.38 bits per heavy atom. The first-order valence-electron chi connectivity index (χ1n) is 28.1. The number of nitrogens with two attached hydrogens (primary N) is 1. The number of hydrogen-bond acceptors (Lipinski definition) is 14. The van der Waals surface area contributed by atoms with Gasteiger partial charge in [0.15, 0.2) is 11.5 Å². The topological polar surface area (TPSA) is 227 Å². The minimum atomic E-state index is -0.675. The van der Waals surface area contributed by atoms with E-state index in [1.807, 2.05) is 11.0 Å². The van der Waals surface area contributed by atoms with Gasteiger partial charge in [0.25, 0.3) is 5.91 Å². The van der Waals surface area contributed by atoms with Crippen LogP contribution in [0.1, 0.15) is 134 Å². The van der Waals surface area contributed by atoms with Crippen LogP contribution in [-0.2, 0) is 27.5 Å². The summed E-state index contributed by atoms with van der Waals surface area (Å²) in [6, 6.07) is 11.6. The molecule has 420 valence electrons. The van der Waals surface area contributed by atoms with Crippen LogP contribution in [0, 0.1) is 28.9 Å². The number of halogens is 2. The Balaban J connectivity index is 0.716. The molecule has 3 saturated heterocycles. The summed E-state index contributed by atoms with van der Waals surface area (Å²) in [5, 5.41) is 24.9. The van der Waals surface area contributed by atoms with Crippen molar-refractivity contribution < 1.29 is 32.8 Å². The number of likely N-dealkylation sites (tertiary alicyclic amines) is 2. The van der Waals surface area contributed by atoms with E-state index in [2.05, 4.69) is 41.9 Å². The van der Waals surface area contributed by atoms with Crippen LogP contribution in [0.4, 0.5) is 20.3 Å². The number of pyridine rings is 1. The predicted octanol–water partition coefficient (Wildman–Crippen LogP) is 6.64. The molecule has 5 aliphatic heterocycles. The number of nitrogens with one attached hydrogen (secondary N) is 3. The lowest BCUT2D eigenvalue weighted by atomic mass is 9.88. The Hall–Kier alpha value is -6.76. The van der Waals surface area contributed by atoms with Crippen LogP contribution in [0.2, 0.25) is 0 Å². The number of anilines is 2. The molecule has 0 radical (unpaired) electrons. The second-order valence-electron chi connectivity index (χ2n) is 21.6. The zero-order chi connectivity index (χ0) is 55.7. The normalized spacial score (nSPS) is 20.3. The highest BCUT2D eigenvalue weighted by atomic mass is 32.2. The van der Waals surface area contributed by atoms with Crippen LogP contribution in [0.5, 0.6) is 0 Å². The molecule has 0 aliphatic carbocycles. The number of nitrogen functional groups attached to an aromatic ring is 1. The van der Waals surface area contributed by atoms with E-state index in [1.54, 1.807) is 36.8 Å². The summed E-state index contributed by atoms with van der Waals surface area (Å²) in [5.41, 5.74) is 10.4. The first-order chi connectivity index (χ1) is 38.2. The largest absolute Gasteiger partial charge is 0.382 e. The van der Waals surface area contributed by atoms with Gasteiger partial charge in [0.05, 0.1) is 47.6 Å². The molecule has 5 aliphatic rings. The molecule has 3 fully saturated rings. The Morgan fingerprint density at radius 2 is 1.62 bits per heavy atom. The maximum atomic E-state index is 14.8. The molecule has 4 amide bonds. The number of thioether (sulfide) groups is 1. The minimum absolute atomic E-state index is 0.0280. The number of likely N-dealkylation sites (N-methyl/N-ethyl adjacent to an activating group) is 1. The second kappa shape index (κ2) is 26.0. The van der Waals surface area contributed by atoms with Crippen molar-refractivity contribution >= 4 is 57.7 Å². The van der Waals surface area contributed by atoms with E-state index in [4.69, 9.17) is 10.7 Å². The van der Waals surface area contributed by atoms with Gasteiger partial charge in [-0.2, -0.15) is 10.4 Å². The molecule has 2 aromatic heterocycles. The average molecular weight is 1100 g/mol. The molecule has 2 bridgehead atoms. The van der Waals surface area contributed by atoms with Gasteiger partial charge in [-0.3, -0.25) is 33.6 Å². The third-order valence-corrected chi connectivity index (χ3v) is 17.6. The van der Waals surface area contributed by atoms with Gasteiger partial charge in [0.1, 0.15) is 35.6 Å². The van der Waals surface area contributed by atoms with E-state index >= 15 is 0 Å². The molecule has 5 N–H and O–H groups in total. The van der Waals surface area contributed by atoms with Crippen LogP contribution < -0.4 is 26.6 Å². The lowest BCUT2D eigenvalue weighted by Gasteiger charge is -2.38. The van der Waals surface area contributed by atoms with Crippen LogP contribution in [0.25, 0.3) is 11.1 Å². The fourth-order valence-corrected chi connectivity index (χ4v) is 13.1. The van der Waals surface area contributed by atoms with Gasteiger partial charge in [-0.25, -0.2) is 13.8 Å². The quantitative estimate of drug-likeness (QED) is 0.0538. The molecular formula is C58H73F2N13O5S. The first-order valence-corrected chi connectivity index (χ1v) is 29.1. The zero-order valence-corrected chi connectivity index (χ0v) is 46.3. The highest BCUT2D eigenvalue weighted by molar-refractivity contribution is 8.14. The summed E-state index contributed by atoms with van der Waals surface area (Å²) in [7, 11) is 3.40. The maximum absolute atomic E-state index is 14.8. The fourth-order valence-electron chi connectivity index (χ4n) is 11.9. The van der Waals surface area contributed by atoms with Crippen molar-refractivity contribution in [2.75, 3.05) is 69.8 Å². The Morgan fingerprint density at radius 1 is 0.899 bits per heavy atom.